The number of hydrogen-bond donors (Lipinski definition) is 0. The van der Waals surface area contributed by atoms with Crippen molar-refractivity contribution in [3.63, 3.8) is 0 Å². The van der Waals surface area contributed by atoms with Gasteiger partial charge in [-0.25, -0.2) is 4.79 Å². The van der Waals surface area contributed by atoms with Crippen LogP contribution in [0.1, 0.15) is 0 Å². The first-order valence-corrected chi connectivity index (χ1v) is 3.18. The van der Waals surface area contributed by atoms with Gasteiger partial charge in [0, 0.05) is 13.2 Å². The maximum atomic E-state index is 11.0. The van der Waals surface area contributed by atoms with E-state index >= 15 is 0 Å². The van der Waals surface area contributed by atoms with Crippen molar-refractivity contribution in [3.05, 3.63) is 12.3 Å². The van der Waals surface area contributed by atoms with E-state index in [9.17, 15) is 9.59 Å². The molecular weight excluding hydrogens is 146 g/mol. The molecule has 0 aromatic rings. The van der Waals surface area contributed by atoms with Crippen LogP contribution in [0.2, 0.25) is 0 Å². The second-order valence-corrected chi connectivity index (χ2v) is 2.31. The molecule has 0 aromatic heterocycles. The Kier molecular flexibility index (Phi) is 1.94. The molecule has 1 atom stereocenters. The van der Waals surface area contributed by atoms with Gasteiger partial charge in [-0.2, -0.15) is 0 Å². The Morgan fingerprint density at radius 2 is 2.36 bits per heavy atom. The molecule has 0 aliphatic carbocycles. The summed E-state index contributed by atoms with van der Waals surface area (Å²) in [6.45, 7) is 0. The number of hydrogen-bond acceptors (Lipinski definition) is 4. The van der Waals surface area contributed by atoms with Crippen molar-refractivity contribution in [2.75, 3.05) is 14.2 Å². The van der Waals surface area contributed by atoms with Crippen LogP contribution >= 0.6 is 0 Å². The van der Waals surface area contributed by atoms with Gasteiger partial charge in [0.25, 0.3) is 0 Å². The highest BCUT2D eigenvalue weighted by atomic mass is 16.5. The summed E-state index contributed by atoms with van der Waals surface area (Å²) in [7, 11) is 2.92. The fourth-order valence-electron chi connectivity index (χ4n) is 0.963. The molecule has 11 heavy (non-hydrogen) atoms. The van der Waals surface area contributed by atoms with E-state index < -0.39 is 12.0 Å². The van der Waals surface area contributed by atoms with E-state index in [1.165, 1.54) is 18.1 Å². The van der Waals surface area contributed by atoms with Crippen molar-refractivity contribution in [1.29, 1.82) is 0 Å². The summed E-state index contributed by atoms with van der Waals surface area (Å²) in [5.74, 6) is -0.734. The van der Waals surface area contributed by atoms with Crippen molar-refractivity contribution in [2.24, 2.45) is 0 Å². The lowest BCUT2D eigenvalue weighted by Crippen LogP contribution is -2.37. The van der Waals surface area contributed by atoms with Crippen LogP contribution in [0.5, 0.6) is 0 Å². The lowest BCUT2D eigenvalue weighted by atomic mass is 10.2. The Morgan fingerprint density at radius 3 is 2.73 bits per heavy atom. The van der Waals surface area contributed by atoms with E-state index in [0.717, 1.165) is 0 Å². The summed E-state index contributed by atoms with van der Waals surface area (Å²) in [5, 5.41) is 0. The third-order valence-corrected chi connectivity index (χ3v) is 1.58. The number of carbonyl (C=O) groups is 2. The first kappa shape index (κ1) is 7.78. The molecule has 1 aliphatic heterocycles. The number of esters is 1. The predicted molar refractivity (Wildman–Crippen MR) is 37.7 cm³/mol. The van der Waals surface area contributed by atoms with Crippen molar-refractivity contribution in [1.82, 2.24) is 4.90 Å². The fraction of sp³-hybridized carbons (Fsp3) is 0.429. The molecule has 0 amide bonds. The zero-order chi connectivity index (χ0) is 8.43. The number of nitrogens with zero attached hydrogens (tertiary/aromatic N) is 1. The van der Waals surface area contributed by atoms with E-state index in [1.54, 1.807) is 13.2 Å². The van der Waals surface area contributed by atoms with Gasteiger partial charge in [0.2, 0.25) is 0 Å². The van der Waals surface area contributed by atoms with Gasteiger partial charge >= 0.3 is 5.97 Å². The molecule has 0 radical (unpaired) electrons. The molecule has 0 spiro atoms. The first-order chi connectivity index (χ1) is 5.16. The van der Waals surface area contributed by atoms with Crippen LogP contribution in [0.4, 0.5) is 0 Å². The van der Waals surface area contributed by atoms with Gasteiger partial charge in [0.1, 0.15) is 0 Å². The van der Waals surface area contributed by atoms with Crippen molar-refractivity contribution in [2.45, 2.75) is 6.04 Å². The Morgan fingerprint density at radius 1 is 1.73 bits per heavy atom. The summed E-state index contributed by atoms with van der Waals surface area (Å²) < 4.78 is 4.43. The summed E-state index contributed by atoms with van der Waals surface area (Å²) >= 11 is 0. The molecule has 0 fully saturated rings. The van der Waals surface area contributed by atoms with Gasteiger partial charge < -0.3 is 9.64 Å². The fourth-order valence-corrected chi connectivity index (χ4v) is 0.963. The Hall–Kier alpha value is -1.32. The standard InChI is InChI=1S/C7H9NO3/c1-8-4-3-5(9)6(8)7(10)11-2/h3-4,6H,1-2H3. The third-order valence-electron chi connectivity index (χ3n) is 1.58. The number of rotatable bonds is 1. The topological polar surface area (TPSA) is 46.6 Å². The average molecular weight is 155 g/mol. The third kappa shape index (κ3) is 1.24. The monoisotopic (exact) mass is 155 g/mol. The highest BCUT2D eigenvalue weighted by molar-refractivity contribution is 6.10. The van der Waals surface area contributed by atoms with E-state index in [4.69, 9.17) is 0 Å². The highest BCUT2D eigenvalue weighted by Crippen LogP contribution is 2.08. The molecule has 0 saturated carbocycles. The molecule has 0 bridgehead atoms. The largest absolute Gasteiger partial charge is 0.467 e. The molecule has 4 nitrogen and oxygen atoms in total. The molecule has 0 saturated heterocycles. The predicted octanol–water partition coefficient (Wildman–Crippen LogP) is -0.444. The zero-order valence-corrected chi connectivity index (χ0v) is 6.40. The van der Waals surface area contributed by atoms with Crippen LogP contribution in [0, 0.1) is 0 Å². The number of methoxy groups -OCH3 is 1. The highest BCUT2D eigenvalue weighted by Gasteiger charge is 2.32. The second-order valence-electron chi connectivity index (χ2n) is 2.31. The molecular formula is C7H9NO3. The minimum atomic E-state index is -0.764. The zero-order valence-electron chi connectivity index (χ0n) is 6.40. The van der Waals surface area contributed by atoms with Crippen LogP contribution < -0.4 is 0 Å². The maximum absolute atomic E-state index is 11.0. The van der Waals surface area contributed by atoms with E-state index in [-0.39, 0.29) is 5.78 Å². The van der Waals surface area contributed by atoms with E-state index in [2.05, 4.69) is 4.74 Å². The van der Waals surface area contributed by atoms with Crippen LogP contribution in [0.15, 0.2) is 12.3 Å². The number of ketones is 1. The van der Waals surface area contributed by atoms with Crippen molar-refractivity contribution >= 4 is 11.8 Å². The quantitative estimate of drug-likeness (QED) is 0.380. The average Bonchev–Trinajstić information content (AvgIpc) is 2.30. The van der Waals surface area contributed by atoms with Gasteiger partial charge in [-0.1, -0.05) is 0 Å². The van der Waals surface area contributed by atoms with Crippen LogP contribution in [-0.2, 0) is 14.3 Å². The molecule has 0 aromatic carbocycles. The molecule has 1 unspecified atom stereocenters. The van der Waals surface area contributed by atoms with Gasteiger partial charge in [0.05, 0.1) is 7.11 Å². The molecule has 1 aliphatic rings. The summed E-state index contributed by atoms with van der Waals surface area (Å²) in [5.41, 5.74) is 0. The van der Waals surface area contributed by atoms with Gasteiger partial charge in [-0.05, 0) is 6.08 Å². The Bertz CT molecular complexity index is 222. The lowest BCUT2D eigenvalue weighted by Gasteiger charge is -2.15. The summed E-state index contributed by atoms with van der Waals surface area (Å²) in [6, 6.07) is -0.764. The Labute approximate surface area is 64.4 Å². The van der Waals surface area contributed by atoms with E-state index in [0.29, 0.717) is 0 Å². The molecule has 0 N–H and O–H groups in total. The number of likely N-dealkylation sites (N-methyl/N-ethyl adjacent to an activating group) is 1. The first-order valence-electron chi connectivity index (χ1n) is 3.18. The SMILES string of the molecule is COC(=O)C1C(=O)C=CN1C. The van der Waals surface area contributed by atoms with Crippen LogP contribution in [0.3, 0.4) is 0 Å². The summed E-state index contributed by atoms with van der Waals surface area (Å²) in [6.07, 6.45) is 2.92. The minimum Gasteiger partial charge on any atom is -0.467 e. The van der Waals surface area contributed by atoms with E-state index in [1.807, 2.05) is 0 Å². The Balaban J connectivity index is 2.73. The second kappa shape index (κ2) is 2.74. The van der Waals surface area contributed by atoms with Crippen LogP contribution in [-0.4, -0.2) is 36.9 Å². The van der Waals surface area contributed by atoms with Crippen molar-refractivity contribution in [3.8, 4) is 0 Å². The molecule has 1 rings (SSSR count). The van der Waals surface area contributed by atoms with Gasteiger partial charge in [-0.15, -0.1) is 0 Å². The molecule has 4 heteroatoms. The lowest BCUT2D eigenvalue weighted by molar-refractivity contribution is -0.147. The number of ether oxygens (including phenoxy) is 1. The van der Waals surface area contributed by atoms with Gasteiger partial charge in [-0.3, -0.25) is 4.79 Å². The number of carbonyl (C=O) groups excluding carboxylic acids is 2. The molecule has 1 heterocycles. The summed E-state index contributed by atoms with van der Waals surface area (Å²) in [4.78, 5) is 23.4. The van der Waals surface area contributed by atoms with Gasteiger partial charge in [0.15, 0.2) is 11.8 Å². The molecule has 60 valence electrons. The smallest absolute Gasteiger partial charge is 0.336 e. The maximum Gasteiger partial charge on any atom is 0.336 e. The minimum absolute atomic E-state index is 0.223. The normalized spacial score (nSPS) is 22.5. The van der Waals surface area contributed by atoms with Crippen molar-refractivity contribution < 1.29 is 14.3 Å². The van der Waals surface area contributed by atoms with Crippen LogP contribution in [0.25, 0.3) is 0 Å².